The Labute approximate surface area is 192 Å². The molecule has 1 aromatic carbocycles. The minimum atomic E-state index is 0. The van der Waals surface area contributed by atoms with E-state index in [1.54, 1.807) is 7.11 Å². The molecule has 0 bridgehead atoms. The van der Waals surface area contributed by atoms with Crippen molar-refractivity contribution < 1.29 is 4.74 Å². The molecular formula is C22H36IN5O. The number of hydrogen-bond donors (Lipinski definition) is 2. The van der Waals surface area contributed by atoms with Crippen molar-refractivity contribution in [3.05, 3.63) is 52.8 Å². The van der Waals surface area contributed by atoms with Crippen LogP contribution in [0.25, 0.3) is 0 Å². The zero-order valence-electron chi connectivity index (χ0n) is 18.6. The Bertz CT molecular complexity index is 771. The summed E-state index contributed by atoms with van der Waals surface area (Å²) in [4.78, 5) is 4.81. The highest BCUT2D eigenvalue weighted by molar-refractivity contribution is 14.0. The lowest BCUT2D eigenvalue weighted by molar-refractivity contribution is 0.182. The molecule has 2 rings (SSSR count). The third-order valence-electron chi connectivity index (χ3n) is 5.03. The van der Waals surface area contributed by atoms with Gasteiger partial charge in [-0.05, 0) is 26.3 Å². The van der Waals surface area contributed by atoms with Crippen LogP contribution in [0.1, 0.15) is 43.3 Å². The number of nitrogens with zero attached hydrogens (tertiary/aromatic N) is 3. The predicted octanol–water partition coefficient (Wildman–Crippen LogP) is 3.80. The van der Waals surface area contributed by atoms with Gasteiger partial charge in [0.1, 0.15) is 0 Å². The number of aliphatic imine (C=N–C) groups is 1. The molecule has 0 spiro atoms. The molecule has 2 N–H and O–H groups in total. The fraction of sp³-hybridized carbons (Fsp3) is 0.545. The Kier molecular flexibility index (Phi) is 10.7. The third-order valence-corrected chi connectivity index (χ3v) is 5.03. The normalized spacial score (nSPS) is 11.9. The number of aromatic nitrogens is 2. The molecule has 0 atom stereocenters. The molecule has 1 aromatic heterocycles. The number of aryl methyl sites for hydroxylation is 1. The van der Waals surface area contributed by atoms with Crippen LogP contribution >= 0.6 is 24.0 Å². The molecule has 0 aliphatic heterocycles. The molecule has 6 nitrogen and oxygen atoms in total. The Balaban J connectivity index is 0.00000420. The molecule has 0 aliphatic rings. The quantitative estimate of drug-likeness (QED) is 0.304. The first-order chi connectivity index (χ1) is 13.4. The van der Waals surface area contributed by atoms with Crippen LogP contribution in [0.15, 0.2) is 35.3 Å². The second-order valence-corrected chi connectivity index (χ2v) is 7.66. The van der Waals surface area contributed by atoms with Gasteiger partial charge in [-0.15, -0.1) is 24.0 Å². The fourth-order valence-electron chi connectivity index (χ4n) is 3.15. The number of guanidine groups is 1. The van der Waals surface area contributed by atoms with Gasteiger partial charge in [-0.25, -0.2) is 4.99 Å². The van der Waals surface area contributed by atoms with Crippen molar-refractivity contribution >= 4 is 29.9 Å². The van der Waals surface area contributed by atoms with Gasteiger partial charge in [0.15, 0.2) is 5.96 Å². The molecule has 7 heteroatoms. The molecule has 2 aromatic rings. The van der Waals surface area contributed by atoms with E-state index in [2.05, 4.69) is 73.8 Å². The van der Waals surface area contributed by atoms with E-state index in [4.69, 9.17) is 9.73 Å². The molecule has 0 fully saturated rings. The van der Waals surface area contributed by atoms with Gasteiger partial charge in [-0.2, -0.15) is 5.10 Å². The van der Waals surface area contributed by atoms with E-state index >= 15 is 0 Å². The van der Waals surface area contributed by atoms with E-state index in [-0.39, 0.29) is 29.4 Å². The average Bonchev–Trinajstić information content (AvgIpc) is 2.96. The van der Waals surface area contributed by atoms with Gasteiger partial charge in [-0.1, -0.05) is 44.2 Å². The van der Waals surface area contributed by atoms with Gasteiger partial charge in [0.05, 0.1) is 25.4 Å². The second-order valence-electron chi connectivity index (χ2n) is 7.66. The number of ether oxygens (including phenoxy) is 1. The first kappa shape index (κ1) is 25.4. The van der Waals surface area contributed by atoms with Crippen LogP contribution in [-0.2, 0) is 23.2 Å². The number of nitrogens with one attached hydrogen (secondary N) is 2. The summed E-state index contributed by atoms with van der Waals surface area (Å²) in [5.41, 5.74) is 4.67. The summed E-state index contributed by atoms with van der Waals surface area (Å²) in [6.07, 6.45) is 0. The van der Waals surface area contributed by atoms with E-state index in [0.29, 0.717) is 13.2 Å². The van der Waals surface area contributed by atoms with Gasteiger partial charge in [0.25, 0.3) is 0 Å². The molecule has 0 unspecified atom stereocenters. The lowest BCUT2D eigenvalue weighted by Gasteiger charge is -2.26. The predicted molar refractivity (Wildman–Crippen MR) is 131 cm³/mol. The minimum absolute atomic E-state index is 0. The van der Waals surface area contributed by atoms with E-state index < -0.39 is 0 Å². The summed E-state index contributed by atoms with van der Waals surface area (Å²) in [6, 6.07) is 10.6. The maximum absolute atomic E-state index is 5.17. The van der Waals surface area contributed by atoms with Gasteiger partial charge >= 0.3 is 0 Å². The average molecular weight is 513 g/mol. The van der Waals surface area contributed by atoms with Crippen LogP contribution in [0.3, 0.4) is 0 Å². The summed E-state index contributed by atoms with van der Waals surface area (Å²) >= 11 is 0. The minimum Gasteiger partial charge on any atom is -0.383 e. The summed E-state index contributed by atoms with van der Waals surface area (Å²) in [5.74, 6) is 0.829. The molecule has 0 saturated heterocycles. The van der Waals surface area contributed by atoms with Crippen LogP contribution in [0, 0.1) is 13.8 Å². The number of halogens is 1. The Hall–Kier alpha value is -1.61. The van der Waals surface area contributed by atoms with Gasteiger partial charge in [0.2, 0.25) is 0 Å². The van der Waals surface area contributed by atoms with Crippen LogP contribution in [0.2, 0.25) is 0 Å². The zero-order valence-corrected chi connectivity index (χ0v) is 20.9. The summed E-state index contributed by atoms with van der Waals surface area (Å²) in [5, 5.41) is 11.5. The fourth-order valence-corrected chi connectivity index (χ4v) is 3.15. The summed E-state index contributed by atoms with van der Waals surface area (Å²) < 4.78 is 7.17. The molecule has 1 heterocycles. The van der Waals surface area contributed by atoms with Crippen molar-refractivity contribution in [2.75, 3.05) is 26.8 Å². The molecule has 0 aliphatic carbocycles. The topological polar surface area (TPSA) is 63.5 Å². The Morgan fingerprint density at radius 2 is 1.86 bits per heavy atom. The third kappa shape index (κ3) is 7.29. The Morgan fingerprint density at radius 3 is 2.48 bits per heavy atom. The van der Waals surface area contributed by atoms with Crippen molar-refractivity contribution in [1.29, 1.82) is 0 Å². The van der Waals surface area contributed by atoms with Crippen molar-refractivity contribution in [3.63, 3.8) is 0 Å². The van der Waals surface area contributed by atoms with Crippen molar-refractivity contribution in [2.24, 2.45) is 4.99 Å². The number of rotatable bonds is 9. The van der Waals surface area contributed by atoms with Crippen LogP contribution in [0.5, 0.6) is 0 Å². The summed E-state index contributed by atoms with van der Waals surface area (Å²) in [7, 11) is 1.71. The lowest BCUT2D eigenvalue weighted by Crippen LogP contribution is -2.43. The lowest BCUT2D eigenvalue weighted by atomic mass is 9.85. The monoisotopic (exact) mass is 513 g/mol. The largest absolute Gasteiger partial charge is 0.383 e. The standard InChI is InChI=1S/C22H35N5O.HI/c1-7-23-21(25-16-22(4,5)19-11-9-8-10-12-19)24-15-20-17(2)26-27(18(20)3)13-14-28-6;/h8-12H,7,13-16H2,1-6H3,(H2,23,24,25);1H. The van der Waals surface area contributed by atoms with Crippen molar-refractivity contribution in [1.82, 2.24) is 20.4 Å². The molecule has 0 amide bonds. The number of benzene rings is 1. The van der Waals surface area contributed by atoms with E-state index in [1.165, 1.54) is 11.1 Å². The SMILES string of the molecule is CCNC(=NCc1c(C)nn(CCOC)c1C)NCC(C)(C)c1ccccc1.I. The summed E-state index contributed by atoms with van der Waals surface area (Å²) in [6.45, 7) is 14.3. The highest BCUT2D eigenvalue weighted by atomic mass is 127. The maximum Gasteiger partial charge on any atom is 0.191 e. The van der Waals surface area contributed by atoms with Crippen molar-refractivity contribution in [3.8, 4) is 0 Å². The highest BCUT2D eigenvalue weighted by Crippen LogP contribution is 2.21. The van der Waals surface area contributed by atoms with E-state index in [9.17, 15) is 0 Å². The first-order valence-electron chi connectivity index (χ1n) is 9.98. The van der Waals surface area contributed by atoms with E-state index in [1.807, 2.05) is 11.6 Å². The second kappa shape index (κ2) is 12.2. The number of methoxy groups -OCH3 is 1. The smallest absolute Gasteiger partial charge is 0.191 e. The van der Waals surface area contributed by atoms with Crippen LogP contribution in [0.4, 0.5) is 0 Å². The van der Waals surface area contributed by atoms with E-state index in [0.717, 1.165) is 37.0 Å². The Morgan fingerprint density at radius 1 is 1.17 bits per heavy atom. The number of hydrogen-bond acceptors (Lipinski definition) is 3. The van der Waals surface area contributed by atoms with Crippen LogP contribution < -0.4 is 10.6 Å². The molecule has 162 valence electrons. The van der Waals surface area contributed by atoms with Crippen LogP contribution in [-0.4, -0.2) is 42.5 Å². The highest BCUT2D eigenvalue weighted by Gasteiger charge is 2.20. The molecule has 0 radical (unpaired) electrons. The zero-order chi connectivity index (χ0) is 20.6. The maximum atomic E-state index is 5.17. The van der Waals surface area contributed by atoms with Gasteiger partial charge in [0, 0.05) is 36.9 Å². The first-order valence-corrected chi connectivity index (χ1v) is 9.98. The van der Waals surface area contributed by atoms with Gasteiger partial charge in [-0.3, -0.25) is 4.68 Å². The molecule has 0 saturated carbocycles. The molecular weight excluding hydrogens is 477 g/mol. The molecule has 29 heavy (non-hydrogen) atoms. The van der Waals surface area contributed by atoms with Crippen molar-refractivity contribution in [2.45, 2.75) is 53.1 Å². The van der Waals surface area contributed by atoms with Gasteiger partial charge < -0.3 is 15.4 Å².